The average molecular weight is 388 g/mol. The molecule has 1 radical (unpaired) electrons. The quantitative estimate of drug-likeness (QED) is 0.652. The molecule has 2 aromatic heterocycles. The molecule has 3 rings (SSSR count). The van der Waals surface area contributed by atoms with E-state index in [4.69, 9.17) is 0 Å². The van der Waals surface area contributed by atoms with Crippen molar-refractivity contribution >= 4 is 5.65 Å². The number of rotatable bonds is 1. The molecule has 0 saturated heterocycles. The van der Waals surface area contributed by atoms with Crippen LogP contribution in [-0.4, -0.2) is 19.8 Å². The van der Waals surface area contributed by atoms with E-state index < -0.39 is 5.82 Å². The number of benzene rings is 1. The largest absolute Gasteiger partial charge is 0.268 e. The first-order valence-electron chi connectivity index (χ1n) is 6.95. The predicted octanol–water partition coefficient (Wildman–Crippen LogP) is 2.63. The molecule has 7 heteroatoms. The maximum atomic E-state index is 14.0. The van der Waals surface area contributed by atoms with E-state index in [9.17, 15) is 9.18 Å². The van der Waals surface area contributed by atoms with Crippen LogP contribution in [0.5, 0.6) is 0 Å². The Morgan fingerprint density at radius 2 is 1.96 bits per heavy atom. The molecule has 2 heterocycles. The van der Waals surface area contributed by atoms with E-state index in [0.717, 1.165) is 5.56 Å². The molecule has 0 aliphatic rings. The molecule has 0 atom stereocenters. The molecule has 23 heavy (non-hydrogen) atoms. The summed E-state index contributed by atoms with van der Waals surface area (Å²) in [5.41, 5.74) is 1.48. The Morgan fingerprint density at radius 1 is 1.26 bits per heavy atom. The normalized spacial score (nSPS) is 11.5. The van der Waals surface area contributed by atoms with Crippen LogP contribution < -0.4 is 5.56 Å². The minimum absolute atomic E-state index is 0. The van der Waals surface area contributed by atoms with Gasteiger partial charge in [0.25, 0.3) is 5.56 Å². The monoisotopic (exact) mass is 388 g/mol. The van der Waals surface area contributed by atoms with E-state index in [1.807, 2.05) is 27.7 Å². The summed E-state index contributed by atoms with van der Waals surface area (Å²) in [5, 5.41) is 10.7. The second-order valence-electron chi connectivity index (χ2n) is 6.33. The summed E-state index contributed by atoms with van der Waals surface area (Å²) in [4.78, 5) is 12.3. The number of H-pyrrole nitrogens is 1. The van der Waals surface area contributed by atoms with Crippen molar-refractivity contribution in [2.24, 2.45) is 0 Å². The van der Waals surface area contributed by atoms with Crippen molar-refractivity contribution in [3.8, 4) is 11.4 Å². The van der Waals surface area contributed by atoms with Crippen molar-refractivity contribution in [3.05, 3.63) is 51.6 Å². The van der Waals surface area contributed by atoms with Gasteiger partial charge in [0.15, 0.2) is 5.65 Å². The number of nitrogens with one attached hydrogen (secondary N) is 1. The maximum Gasteiger partial charge on any atom is 0.266 e. The number of hydrogen-bond acceptors (Lipinski definition) is 3. The first-order chi connectivity index (χ1) is 10.3. The number of aromatic amines is 1. The second-order valence-corrected chi connectivity index (χ2v) is 6.33. The number of halogens is 1. The molecular formula is C16H16FN4OY-. The van der Waals surface area contributed by atoms with Gasteiger partial charge < -0.3 is 0 Å². The van der Waals surface area contributed by atoms with E-state index >= 15 is 0 Å². The van der Waals surface area contributed by atoms with Gasteiger partial charge in [0.2, 0.25) is 0 Å². The zero-order chi connectivity index (χ0) is 16.1. The minimum atomic E-state index is -0.458. The average Bonchev–Trinajstić information content (AvgIpc) is 2.82. The summed E-state index contributed by atoms with van der Waals surface area (Å²) in [6, 6.07) is 7.58. The third kappa shape index (κ3) is 3.28. The van der Waals surface area contributed by atoms with Crippen molar-refractivity contribution in [1.82, 2.24) is 19.8 Å². The van der Waals surface area contributed by atoms with Crippen molar-refractivity contribution in [2.75, 3.05) is 0 Å². The number of hydrogen-bond donors (Lipinski definition) is 1. The standard InChI is InChI=1S/C16H16FN4O.Y/c1-9-5-6-12(17)10(7-9)14-19-18-13-8-11(16(2,3)4)15(22)20-21(13)14;/h5-6,8H,1-4H3,(H,20,22);/q-1;. The Morgan fingerprint density at radius 3 is 2.61 bits per heavy atom. The first kappa shape index (κ1) is 17.9. The van der Waals surface area contributed by atoms with E-state index in [0.29, 0.717) is 11.2 Å². The van der Waals surface area contributed by atoms with Gasteiger partial charge in [0, 0.05) is 44.1 Å². The molecule has 3 aromatic rings. The molecule has 1 N–H and O–H groups in total. The molecule has 0 saturated carbocycles. The molecule has 0 spiro atoms. The molecule has 117 valence electrons. The SMILES string of the molecule is Cc1[c-]c(-c2nnc3cc(C(C)(C)C)c(=O)[nH]n23)c(F)cc1.[Y]. The van der Waals surface area contributed by atoms with Crippen molar-refractivity contribution in [2.45, 2.75) is 33.1 Å². The molecule has 0 unspecified atom stereocenters. The Hall–Kier alpha value is -1.40. The summed E-state index contributed by atoms with van der Waals surface area (Å²) in [5.74, 6) is -0.227. The summed E-state index contributed by atoms with van der Waals surface area (Å²) in [6.45, 7) is 7.64. The van der Waals surface area contributed by atoms with E-state index in [1.54, 1.807) is 12.1 Å². The number of nitrogens with zero attached hydrogens (tertiary/aromatic N) is 3. The number of fused-ring (bicyclic) bond motifs is 1. The van der Waals surface area contributed by atoms with Crippen LogP contribution in [0.1, 0.15) is 31.9 Å². The molecule has 0 fully saturated rings. The second kappa shape index (κ2) is 6.25. The van der Waals surface area contributed by atoms with Gasteiger partial charge >= 0.3 is 0 Å². The van der Waals surface area contributed by atoms with Gasteiger partial charge in [0.1, 0.15) is 5.82 Å². The molecule has 0 aliphatic heterocycles. The summed E-state index contributed by atoms with van der Waals surface area (Å²) < 4.78 is 15.4. The molecule has 5 nitrogen and oxygen atoms in total. The van der Waals surface area contributed by atoms with Crippen molar-refractivity contribution in [3.63, 3.8) is 0 Å². The van der Waals surface area contributed by atoms with Gasteiger partial charge in [-0.1, -0.05) is 33.3 Å². The van der Waals surface area contributed by atoms with Gasteiger partial charge in [-0.15, -0.1) is 28.9 Å². The summed E-state index contributed by atoms with van der Waals surface area (Å²) in [7, 11) is 0. The molecule has 1 aromatic carbocycles. The molecular weight excluding hydrogens is 372 g/mol. The summed E-state index contributed by atoms with van der Waals surface area (Å²) >= 11 is 0. The van der Waals surface area contributed by atoms with Crippen LogP contribution in [0.4, 0.5) is 4.39 Å². The number of aryl methyl sites for hydroxylation is 1. The van der Waals surface area contributed by atoms with Crippen molar-refractivity contribution < 1.29 is 37.1 Å². The maximum absolute atomic E-state index is 14.0. The Balaban J connectivity index is 0.00000192. The Labute approximate surface area is 158 Å². The van der Waals surface area contributed by atoms with Crippen LogP contribution in [0.15, 0.2) is 23.0 Å². The van der Waals surface area contributed by atoms with E-state index in [1.165, 1.54) is 10.6 Å². The van der Waals surface area contributed by atoms with E-state index in [-0.39, 0.29) is 55.1 Å². The third-order valence-corrected chi connectivity index (χ3v) is 3.49. The smallest absolute Gasteiger partial charge is 0.266 e. The van der Waals surface area contributed by atoms with Gasteiger partial charge in [-0.25, -0.2) is 0 Å². The van der Waals surface area contributed by atoms with Gasteiger partial charge in [0.05, 0.1) is 0 Å². The Kier molecular flexibility index (Phi) is 4.88. The fraction of sp³-hybridized carbons (Fsp3) is 0.312. The van der Waals surface area contributed by atoms with Crippen molar-refractivity contribution in [1.29, 1.82) is 0 Å². The minimum Gasteiger partial charge on any atom is -0.268 e. The van der Waals surface area contributed by atoms with Crippen LogP contribution in [0, 0.1) is 18.8 Å². The first-order valence-corrected chi connectivity index (χ1v) is 6.95. The number of aromatic nitrogens is 4. The van der Waals surface area contributed by atoms with E-state index in [2.05, 4.69) is 21.4 Å². The predicted molar refractivity (Wildman–Crippen MR) is 81.3 cm³/mol. The fourth-order valence-electron chi connectivity index (χ4n) is 2.32. The van der Waals surface area contributed by atoms with Gasteiger partial charge in [-0.05, 0) is 11.5 Å². The van der Waals surface area contributed by atoms with Gasteiger partial charge in [-0.3, -0.25) is 18.8 Å². The van der Waals surface area contributed by atoms with Crippen LogP contribution in [0.3, 0.4) is 0 Å². The fourth-order valence-corrected chi connectivity index (χ4v) is 2.32. The zero-order valence-electron chi connectivity index (χ0n) is 13.4. The topological polar surface area (TPSA) is 63.0 Å². The van der Waals surface area contributed by atoms with Crippen LogP contribution in [0.2, 0.25) is 0 Å². The third-order valence-electron chi connectivity index (χ3n) is 3.49. The molecule has 0 bridgehead atoms. The zero-order valence-corrected chi connectivity index (χ0v) is 16.3. The van der Waals surface area contributed by atoms with Crippen LogP contribution in [0.25, 0.3) is 17.0 Å². The van der Waals surface area contributed by atoms with Crippen LogP contribution in [-0.2, 0) is 38.1 Å². The summed E-state index contributed by atoms with van der Waals surface area (Å²) in [6.07, 6.45) is 0. The molecule has 0 aliphatic carbocycles. The van der Waals surface area contributed by atoms with Gasteiger partial charge in [-0.2, -0.15) is 5.10 Å². The molecule has 0 amide bonds. The Bertz CT molecular complexity index is 924. The van der Waals surface area contributed by atoms with Crippen LogP contribution >= 0.6 is 0 Å².